The van der Waals surface area contributed by atoms with Gasteiger partial charge in [0.1, 0.15) is 5.82 Å². The van der Waals surface area contributed by atoms with Gasteiger partial charge in [-0.3, -0.25) is 0 Å². The monoisotopic (exact) mass is 275 g/mol. The van der Waals surface area contributed by atoms with Gasteiger partial charge in [-0.2, -0.15) is 4.98 Å². The van der Waals surface area contributed by atoms with Crippen molar-refractivity contribution in [1.29, 1.82) is 0 Å². The summed E-state index contributed by atoms with van der Waals surface area (Å²) in [5.41, 5.74) is 0.677. The van der Waals surface area contributed by atoms with E-state index in [2.05, 4.69) is 15.5 Å². The maximum Gasteiger partial charge on any atom is 0.246 e. The van der Waals surface area contributed by atoms with Crippen LogP contribution < -0.4 is 5.32 Å². The van der Waals surface area contributed by atoms with Crippen molar-refractivity contribution in [3.63, 3.8) is 0 Å². The van der Waals surface area contributed by atoms with Gasteiger partial charge in [0.25, 0.3) is 0 Å². The normalized spacial score (nSPS) is 10.6. The standard InChI is InChI=1S/C13H10FN3OS/c14-9-3-1-4-10(7-9)15-8-12-16-13(17-18-12)11-5-2-6-19-11/h1-7,15H,8H2. The van der Waals surface area contributed by atoms with E-state index in [1.165, 1.54) is 12.1 Å². The maximum atomic E-state index is 13.0. The summed E-state index contributed by atoms with van der Waals surface area (Å²) in [6.07, 6.45) is 0. The second kappa shape index (κ2) is 5.19. The van der Waals surface area contributed by atoms with Crippen molar-refractivity contribution in [3.8, 4) is 10.7 Å². The lowest BCUT2D eigenvalue weighted by Crippen LogP contribution is -1.99. The van der Waals surface area contributed by atoms with Gasteiger partial charge in [0, 0.05) is 5.69 Å². The minimum Gasteiger partial charge on any atom is -0.376 e. The molecular formula is C13H10FN3OS. The highest BCUT2D eigenvalue weighted by Crippen LogP contribution is 2.21. The SMILES string of the molecule is Fc1cccc(NCc2nc(-c3cccs3)no2)c1. The predicted octanol–water partition coefficient (Wildman–Crippen LogP) is 3.55. The zero-order valence-electron chi connectivity index (χ0n) is 9.84. The highest BCUT2D eigenvalue weighted by Gasteiger charge is 2.08. The molecular weight excluding hydrogens is 265 g/mol. The first-order valence-electron chi connectivity index (χ1n) is 5.67. The van der Waals surface area contributed by atoms with Gasteiger partial charge in [-0.05, 0) is 29.6 Å². The molecule has 1 aromatic carbocycles. The van der Waals surface area contributed by atoms with Crippen molar-refractivity contribution in [2.24, 2.45) is 0 Å². The largest absolute Gasteiger partial charge is 0.376 e. The smallest absolute Gasteiger partial charge is 0.246 e. The molecule has 0 aliphatic heterocycles. The summed E-state index contributed by atoms with van der Waals surface area (Å²) in [4.78, 5) is 5.23. The van der Waals surface area contributed by atoms with Gasteiger partial charge in [-0.15, -0.1) is 11.3 Å². The Kier molecular flexibility index (Phi) is 3.24. The first-order chi connectivity index (χ1) is 9.31. The number of benzene rings is 1. The first-order valence-corrected chi connectivity index (χ1v) is 6.55. The zero-order chi connectivity index (χ0) is 13.1. The molecule has 0 unspecified atom stereocenters. The number of nitrogens with zero attached hydrogens (tertiary/aromatic N) is 2. The summed E-state index contributed by atoms with van der Waals surface area (Å²) >= 11 is 1.55. The van der Waals surface area contributed by atoms with Gasteiger partial charge < -0.3 is 9.84 Å². The molecule has 2 heterocycles. The van der Waals surface area contributed by atoms with Crippen LogP contribution in [0, 0.1) is 5.82 Å². The quantitative estimate of drug-likeness (QED) is 0.791. The second-order valence-corrected chi connectivity index (χ2v) is 4.80. The minimum absolute atomic E-state index is 0.283. The van der Waals surface area contributed by atoms with E-state index in [1.54, 1.807) is 23.5 Å². The molecule has 1 N–H and O–H groups in total. The Balaban J connectivity index is 1.68. The molecule has 4 nitrogen and oxygen atoms in total. The van der Waals surface area contributed by atoms with Crippen molar-refractivity contribution >= 4 is 17.0 Å². The molecule has 0 fully saturated rings. The fraction of sp³-hybridized carbons (Fsp3) is 0.0769. The van der Waals surface area contributed by atoms with Gasteiger partial charge in [0.2, 0.25) is 11.7 Å². The van der Waals surface area contributed by atoms with Gasteiger partial charge in [-0.25, -0.2) is 4.39 Å². The number of thiophene rings is 1. The third-order valence-corrected chi connectivity index (χ3v) is 3.34. The third-order valence-electron chi connectivity index (χ3n) is 2.48. The van der Waals surface area contributed by atoms with Gasteiger partial charge in [-0.1, -0.05) is 17.3 Å². The number of rotatable bonds is 4. The van der Waals surface area contributed by atoms with Crippen LogP contribution in [0.4, 0.5) is 10.1 Å². The van der Waals surface area contributed by atoms with E-state index >= 15 is 0 Å². The van der Waals surface area contributed by atoms with E-state index in [4.69, 9.17) is 4.52 Å². The highest BCUT2D eigenvalue weighted by atomic mass is 32.1. The van der Waals surface area contributed by atoms with E-state index in [0.29, 0.717) is 23.9 Å². The Hall–Kier alpha value is -2.21. The Morgan fingerprint density at radius 3 is 3.00 bits per heavy atom. The van der Waals surface area contributed by atoms with Crippen molar-refractivity contribution in [2.75, 3.05) is 5.32 Å². The Morgan fingerprint density at radius 1 is 1.26 bits per heavy atom. The minimum atomic E-state index is -0.283. The Morgan fingerprint density at radius 2 is 2.21 bits per heavy atom. The number of nitrogens with one attached hydrogen (secondary N) is 1. The fourth-order valence-electron chi connectivity index (χ4n) is 1.61. The van der Waals surface area contributed by atoms with E-state index in [0.717, 1.165) is 4.88 Å². The maximum absolute atomic E-state index is 13.0. The molecule has 6 heteroatoms. The van der Waals surface area contributed by atoms with E-state index in [1.807, 2.05) is 17.5 Å². The van der Waals surface area contributed by atoms with Crippen LogP contribution in [0.3, 0.4) is 0 Å². The molecule has 19 heavy (non-hydrogen) atoms. The van der Waals surface area contributed by atoms with Crippen LogP contribution in [0.25, 0.3) is 10.7 Å². The molecule has 3 aromatic rings. The Bertz CT molecular complexity index is 666. The summed E-state index contributed by atoms with van der Waals surface area (Å²) < 4.78 is 18.1. The van der Waals surface area contributed by atoms with E-state index in [-0.39, 0.29) is 5.82 Å². The summed E-state index contributed by atoms with van der Waals surface area (Å²) in [5, 5.41) is 8.88. The number of anilines is 1. The lowest BCUT2D eigenvalue weighted by molar-refractivity contribution is 0.384. The molecule has 0 bridgehead atoms. The molecule has 0 aliphatic carbocycles. The van der Waals surface area contributed by atoms with Crippen LogP contribution >= 0.6 is 11.3 Å². The lowest BCUT2D eigenvalue weighted by Gasteiger charge is -2.02. The summed E-state index contributed by atoms with van der Waals surface area (Å²) in [7, 11) is 0. The van der Waals surface area contributed by atoms with Gasteiger partial charge in [0.05, 0.1) is 11.4 Å². The topological polar surface area (TPSA) is 51.0 Å². The van der Waals surface area contributed by atoms with Gasteiger partial charge >= 0.3 is 0 Å². The van der Waals surface area contributed by atoms with Crippen molar-refractivity contribution in [1.82, 2.24) is 10.1 Å². The molecule has 0 aliphatic rings. The average Bonchev–Trinajstić information content (AvgIpc) is 3.07. The molecule has 0 amide bonds. The van der Waals surface area contributed by atoms with E-state index < -0.39 is 0 Å². The van der Waals surface area contributed by atoms with Crippen molar-refractivity contribution in [3.05, 3.63) is 53.5 Å². The van der Waals surface area contributed by atoms with Crippen LogP contribution in [0.15, 0.2) is 46.3 Å². The molecule has 3 rings (SSSR count). The number of halogens is 1. The second-order valence-electron chi connectivity index (χ2n) is 3.85. The molecule has 96 valence electrons. The summed E-state index contributed by atoms with van der Waals surface area (Å²) in [6.45, 7) is 0.363. The molecule has 0 spiro atoms. The van der Waals surface area contributed by atoms with Crippen LogP contribution in [0.1, 0.15) is 5.89 Å². The number of hydrogen-bond donors (Lipinski definition) is 1. The average molecular weight is 275 g/mol. The molecule has 0 saturated heterocycles. The first kappa shape index (κ1) is 11.9. The summed E-state index contributed by atoms with van der Waals surface area (Å²) in [6, 6.07) is 10.1. The van der Waals surface area contributed by atoms with Crippen LogP contribution in [0.2, 0.25) is 0 Å². The summed E-state index contributed by atoms with van der Waals surface area (Å²) in [5.74, 6) is 0.758. The fourth-order valence-corrected chi connectivity index (χ4v) is 2.26. The lowest BCUT2D eigenvalue weighted by atomic mass is 10.3. The van der Waals surface area contributed by atoms with Gasteiger partial charge in [0.15, 0.2) is 0 Å². The van der Waals surface area contributed by atoms with Crippen LogP contribution in [-0.2, 0) is 6.54 Å². The van der Waals surface area contributed by atoms with Crippen LogP contribution in [0.5, 0.6) is 0 Å². The van der Waals surface area contributed by atoms with Crippen LogP contribution in [-0.4, -0.2) is 10.1 Å². The predicted molar refractivity (Wildman–Crippen MR) is 71.3 cm³/mol. The zero-order valence-corrected chi connectivity index (χ0v) is 10.7. The highest BCUT2D eigenvalue weighted by molar-refractivity contribution is 7.13. The number of hydrogen-bond acceptors (Lipinski definition) is 5. The molecule has 0 saturated carbocycles. The molecule has 0 atom stereocenters. The van der Waals surface area contributed by atoms with Crippen molar-refractivity contribution in [2.45, 2.75) is 6.54 Å². The molecule has 2 aromatic heterocycles. The molecule has 0 radical (unpaired) electrons. The van der Waals surface area contributed by atoms with Crippen molar-refractivity contribution < 1.29 is 8.91 Å². The Labute approximate surface area is 112 Å². The number of aromatic nitrogens is 2. The van der Waals surface area contributed by atoms with E-state index in [9.17, 15) is 4.39 Å². The third kappa shape index (κ3) is 2.79.